The standard InChI is InChI=1S/C12H8BrFN4/c13-7-5-10-11(16-6-7)18(12(15)17-10)9-3-1-8(14)2-4-9/h1-6H,(H2,15,17). The molecule has 0 saturated carbocycles. The van der Waals surface area contributed by atoms with Crippen molar-refractivity contribution in [3.63, 3.8) is 0 Å². The van der Waals surface area contributed by atoms with Gasteiger partial charge in [-0.2, -0.15) is 0 Å². The molecule has 0 aliphatic carbocycles. The van der Waals surface area contributed by atoms with Gasteiger partial charge in [0.2, 0.25) is 5.95 Å². The molecule has 3 aromatic rings. The van der Waals surface area contributed by atoms with Gasteiger partial charge in [0.1, 0.15) is 11.3 Å². The van der Waals surface area contributed by atoms with Crippen molar-refractivity contribution in [2.75, 3.05) is 5.73 Å². The van der Waals surface area contributed by atoms with Gasteiger partial charge >= 0.3 is 0 Å². The van der Waals surface area contributed by atoms with Crippen LogP contribution in [0.15, 0.2) is 41.0 Å². The number of nitrogens with two attached hydrogens (primary N) is 1. The van der Waals surface area contributed by atoms with Gasteiger partial charge in [-0.3, -0.25) is 4.57 Å². The summed E-state index contributed by atoms with van der Waals surface area (Å²) in [6, 6.07) is 7.85. The molecule has 0 saturated heterocycles. The van der Waals surface area contributed by atoms with Gasteiger partial charge in [-0.1, -0.05) is 0 Å². The van der Waals surface area contributed by atoms with Crippen molar-refractivity contribution >= 4 is 33.0 Å². The smallest absolute Gasteiger partial charge is 0.207 e. The Hall–Kier alpha value is -1.95. The van der Waals surface area contributed by atoms with Crippen LogP contribution in [-0.4, -0.2) is 14.5 Å². The predicted molar refractivity (Wildman–Crippen MR) is 70.9 cm³/mol. The van der Waals surface area contributed by atoms with Crippen molar-refractivity contribution in [2.45, 2.75) is 0 Å². The van der Waals surface area contributed by atoms with Gasteiger partial charge in [0.15, 0.2) is 5.65 Å². The maximum atomic E-state index is 12.9. The highest BCUT2D eigenvalue weighted by Gasteiger charge is 2.11. The molecule has 1 aromatic carbocycles. The van der Waals surface area contributed by atoms with Crippen LogP contribution >= 0.6 is 15.9 Å². The Balaban J connectivity index is 2.28. The minimum atomic E-state index is -0.294. The molecule has 0 spiro atoms. The Kier molecular flexibility index (Phi) is 2.52. The highest BCUT2D eigenvalue weighted by molar-refractivity contribution is 9.10. The molecule has 0 atom stereocenters. The van der Waals surface area contributed by atoms with Gasteiger partial charge in [0.05, 0.1) is 5.69 Å². The van der Waals surface area contributed by atoms with E-state index in [-0.39, 0.29) is 5.82 Å². The van der Waals surface area contributed by atoms with Gasteiger partial charge in [0.25, 0.3) is 0 Å². The molecule has 6 heteroatoms. The van der Waals surface area contributed by atoms with Gasteiger partial charge in [-0.05, 0) is 46.3 Å². The zero-order chi connectivity index (χ0) is 12.7. The lowest BCUT2D eigenvalue weighted by atomic mass is 10.3. The van der Waals surface area contributed by atoms with E-state index in [4.69, 9.17) is 5.73 Å². The van der Waals surface area contributed by atoms with Crippen molar-refractivity contribution in [1.29, 1.82) is 0 Å². The third-order valence-corrected chi connectivity index (χ3v) is 3.01. The summed E-state index contributed by atoms with van der Waals surface area (Å²) in [5, 5.41) is 0. The molecule has 0 bridgehead atoms. The minimum Gasteiger partial charge on any atom is -0.369 e. The molecule has 2 N–H and O–H groups in total. The van der Waals surface area contributed by atoms with Crippen molar-refractivity contribution in [2.24, 2.45) is 0 Å². The quantitative estimate of drug-likeness (QED) is 0.752. The van der Waals surface area contributed by atoms with Crippen molar-refractivity contribution in [3.8, 4) is 5.69 Å². The lowest BCUT2D eigenvalue weighted by Crippen LogP contribution is -2.01. The largest absolute Gasteiger partial charge is 0.369 e. The number of hydrogen-bond acceptors (Lipinski definition) is 3. The Morgan fingerprint density at radius 2 is 1.94 bits per heavy atom. The van der Waals surface area contributed by atoms with Gasteiger partial charge in [0, 0.05) is 10.7 Å². The van der Waals surface area contributed by atoms with E-state index in [1.54, 1.807) is 22.9 Å². The Morgan fingerprint density at radius 3 is 2.67 bits per heavy atom. The highest BCUT2D eigenvalue weighted by Crippen LogP contribution is 2.23. The SMILES string of the molecule is Nc1nc2cc(Br)cnc2n1-c1ccc(F)cc1. The molecule has 0 aliphatic rings. The minimum absolute atomic E-state index is 0.294. The average molecular weight is 307 g/mol. The first-order chi connectivity index (χ1) is 8.65. The molecule has 3 rings (SSSR count). The zero-order valence-electron chi connectivity index (χ0n) is 9.14. The molecule has 18 heavy (non-hydrogen) atoms. The molecule has 0 aliphatic heterocycles. The summed E-state index contributed by atoms with van der Waals surface area (Å²) in [6.45, 7) is 0. The van der Waals surface area contributed by atoms with E-state index < -0.39 is 0 Å². The van der Waals surface area contributed by atoms with Crippen LogP contribution in [0.4, 0.5) is 10.3 Å². The summed E-state index contributed by atoms with van der Waals surface area (Å²) in [5.74, 6) is 0.0275. The summed E-state index contributed by atoms with van der Waals surface area (Å²) in [4.78, 5) is 8.51. The summed E-state index contributed by atoms with van der Waals surface area (Å²) < 4.78 is 15.4. The lowest BCUT2D eigenvalue weighted by molar-refractivity contribution is 0.627. The van der Waals surface area contributed by atoms with E-state index in [1.165, 1.54) is 12.1 Å². The summed E-state index contributed by atoms with van der Waals surface area (Å²) in [7, 11) is 0. The molecular weight excluding hydrogens is 299 g/mol. The number of pyridine rings is 1. The first-order valence-corrected chi connectivity index (χ1v) is 6.00. The first kappa shape index (κ1) is 11.2. The Bertz CT molecular complexity index is 721. The van der Waals surface area contributed by atoms with E-state index in [9.17, 15) is 4.39 Å². The number of anilines is 1. The van der Waals surface area contributed by atoms with Crippen molar-refractivity contribution in [3.05, 3.63) is 46.8 Å². The molecule has 0 radical (unpaired) electrons. The van der Waals surface area contributed by atoms with E-state index in [2.05, 4.69) is 25.9 Å². The van der Waals surface area contributed by atoms with Crippen LogP contribution in [0.3, 0.4) is 0 Å². The molecule has 0 fully saturated rings. The summed E-state index contributed by atoms with van der Waals surface area (Å²) in [5.41, 5.74) is 7.93. The predicted octanol–water partition coefficient (Wildman–Crippen LogP) is 2.90. The third kappa shape index (κ3) is 1.74. The fraction of sp³-hybridized carbons (Fsp3) is 0. The summed E-state index contributed by atoms with van der Waals surface area (Å²) >= 11 is 3.33. The molecule has 90 valence electrons. The number of halogens is 2. The number of nitrogen functional groups attached to an aromatic ring is 1. The Labute approximate surface area is 110 Å². The fourth-order valence-electron chi connectivity index (χ4n) is 1.80. The number of aromatic nitrogens is 3. The lowest BCUT2D eigenvalue weighted by Gasteiger charge is -2.05. The van der Waals surface area contributed by atoms with Crippen LogP contribution in [-0.2, 0) is 0 Å². The first-order valence-electron chi connectivity index (χ1n) is 5.20. The van der Waals surface area contributed by atoms with Crippen LogP contribution in [0, 0.1) is 5.82 Å². The molecular formula is C12H8BrFN4. The van der Waals surface area contributed by atoms with Crippen molar-refractivity contribution < 1.29 is 4.39 Å². The third-order valence-electron chi connectivity index (χ3n) is 2.57. The van der Waals surface area contributed by atoms with Crippen LogP contribution in [0.5, 0.6) is 0 Å². The van der Waals surface area contributed by atoms with Crippen LogP contribution in [0.25, 0.3) is 16.9 Å². The second kappa shape index (κ2) is 4.06. The van der Waals surface area contributed by atoms with E-state index in [0.29, 0.717) is 17.1 Å². The van der Waals surface area contributed by atoms with Gasteiger partial charge in [-0.25, -0.2) is 14.4 Å². The highest BCUT2D eigenvalue weighted by atomic mass is 79.9. The van der Waals surface area contributed by atoms with E-state index in [1.807, 2.05) is 6.07 Å². The topological polar surface area (TPSA) is 56.7 Å². The van der Waals surface area contributed by atoms with E-state index in [0.717, 1.165) is 10.2 Å². The molecule has 0 amide bonds. The second-order valence-electron chi connectivity index (χ2n) is 3.78. The molecule has 4 nitrogen and oxygen atoms in total. The number of rotatable bonds is 1. The van der Waals surface area contributed by atoms with Crippen molar-refractivity contribution in [1.82, 2.24) is 14.5 Å². The average Bonchev–Trinajstić information content (AvgIpc) is 2.65. The normalized spacial score (nSPS) is 11.0. The van der Waals surface area contributed by atoms with E-state index >= 15 is 0 Å². The van der Waals surface area contributed by atoms with Gasteiger partial charge in [-0.15, -0.1) is 0 Å². The maximum absolute atomic E-state index is 12.9. The number of benzene rings is 1. The molecule has 2 aromatic heterocycles. The summed E-state index contributed by atoms with van der Waals surface area (Å²) in [6.07, 6.45) is 1.67. The number of nitrogens with zero attached hydrogens (tertiary/aromatic N) is 3. The molecule has 0 unspecified atom stereocenters. The number of hydrogen-bond donors (Lipinski definition) is 1. The Morgan fingerprint density at radius 1 is 1.22 bits per heavy atom. The van der Waals surface area contributed by atoms with Crippen LogP contribution < -0.4 is 5.73 Å². The van der Waals surface area contributed by atoms with Gasteiger partial charge < -0.3 is 5.73 Å². The maximum Gasteiger partial charge on any atom is 0.207 e. The number of fused-ring (bicyclic) bond motifs is 1. The zero-order valence-corrected chi connectivity index (χ0v) is 10.7. The van der Waals surface area contributed by atoms with Crippen LogP contribution in [0.1, 0.15) is 0 Å². The fourth-order valence-corrected chi connectivity index (χ4v) is 2.12. The van der Waals surface area contributed by atoms with Crippen LogP contribution in [0.2, 0.25) is 0 Å². The monoisotopic (exact) mass is 306 g/mol. The number of imidazole rings is 1. The molecule has 2 heterocycles. The second-order valence-corrected chi connectivity index (χ2v) is 4.69.